The van der Waals surface area contributed by atoms with Gasteiger partial charge in [-0.2, -0.15) is 0 Å². The third-order valence-corrected chi connectivity index (χ3v) is 13.9. The number of hydrogen-bond acceptors (Lipinski definition) is 0. The van der Waals surface area contributed by atoms with Gasteiger partial charge in [0, 0.05) is 0 Å². The van der Waals surface area contributed by atoms with E-state index >= 15 is 4.39 Å². The topological polar surface area (TPSA) is 0 Å². The molecule has 0 N–H and O–H groups in total. The third kappa shape index (κ3) is 2.82. The van der Waals surface area contributed by atoms with Crippen molar-refractivity contribution in [3.63, 3.8) is 0 Å². The number of allylic oxidation sites excluding steroid dienone is 1. The molecule has 0 nitrogen and oxygen atoms in total. The minimum atomic E-state index is -3.93. The van der Waals surface area contributed by atoms with E-state index < -0.39 is 23.8 Å². The molecule has 0 aromatic heterocycles. The van der Waals surface area contributed by atoms with E-state index in [2.05, 4.69) is 0 Å². The number of hydrogen-bond donors (Lipinski definition) is 0. The van der Waals surface area contributed by atoms with Gasteiger partial charge in [-0.25, -0.2) is 0 Å². The minimum absolute atomic E-state index is 0.599. The average Bonchev–Trinajstić information content (AvgIpc) is 2.65. The van der Waals surface area contributed by atoms with Crippen molar-refractivity contribution in [3.05, 3.63) is 101 Å². The van der Waals surface area contributed by atoms with Gasteiger partial charge >= 0.3 is 144 Å². The molecule has 0 aliphatic heterocycles. The van der Waals surface area contributed by atoms with Crippen molar-refractivity contribution in [2.45, 2.75) is 6.92 Å². The second-order valence-electron chi connectivity index (χ2n) is 5.70. The first-order valence-electron chi connectivity index (χ1n) is 7.86. The van der Waals surface area contributed by atoms with Crippen molar-refractivity contribution >= 4 is 26.5 Å². The molecule has 0 saturated heterocycles. The van der Waals surface area contributed by atoms with Crippen LogP contribution in [0.4, 0.5) is 8.78 Å². The summed E-state index contributed by atoms with van der Waals surface area (Å²) in [6.07, 6.45) is 0. The molecule has 3 rings (SSSR count). The van der Waals surface area contributed by atoms with Crippen molar-refractivity contribution in [3.8, 4) is 0 Å². The molecule has 0 atom stereocenters. The molecule has 0 aliphatic carbocycles. The predicted octanol–water partition coefficient (Wildman–Crippen LogP) is 3.87. The fraction of sp³-hybridized carbons (Fsp3) is 0.0476. The van der Waals surface area contributed by atoms with Crippen molar-refractivity contribution in [1.82, 2.24) is 0 Å². The van der Waals surface area contributed by atoms with Crippen LogP contribution in [0, 0.1) is 0 Å². The molecule has 0 heterocycles. The van der Waals surface area contributed by atoms with Crippen LogP contribution >= 0.6 is 0 Å². The molecule has 0 saturated carbocycles. The molecule has 120 valence electrons. The Morgan fingerprint density at radius 2 is 0.875 bits per heavy atom. The summed E-state index contributed by atoms with van der Waals surface area (Å²) in [5.74, 6) is -0.730. The zero-order chi connectivity index (χ0) is 17.0. The van der Waals surface area contributed by atoms with Crippen LogP contribution in [-0.2, 0) is 0 Å². The van der Waals surface area contributed by atoms with Gasteiger partial charge in [-0.1, -0.05) is 0 Å². The van der Waals surface area contributed by atoms with Gasteiger partial charge in [-0.3, -0.25) is 0 Å². The van der Waals surface area contributed by atoms with E-state index in [4.69, 9.17) is 0 Å². The molecule has 0 spiro atoms. The molecule has 24 heavy (non-hydrogen) atoms. The van der Waals surface area contributed by atoms with Crippen molar-refractivity contribution in [2.75, 3.05) is 0 Å². The zero-order valence-corrected chi connectivity index (χ0v) is 15.5. The van der Waals surface area contributed by atoms with E-state index in [9.17, 15) is 4.39 Å². The van der Waals surface area contributed by atoms with Gasteiger partial charge in [0.2, 0.25) is 0 Å². The summed E-state index contributed by atoms with van der Waals surface area (Å²) in [7, 11) is 0. The fourth-order valence-corrected chi connectivity index (χ4v) is 12.3. The predicted molar refractivity (Wildman–Crippen MR) is 98.9 cm³/mol. The zero-order valence-electron chi connectivity index (χ0n) is 13.4. The number of rotatable bonds is 4. The van der Waals surface area contributed by atoms with E-state index in [0.717, 1.165) is 13.2 Å². The normalized spacial score (nSPS) is 12.6. The van der Waals surface area contributed by atoms with Gasteiger partial charge in [-0.05, 0) is 0 Å². The molecule has 0 aliphatic rings. The van der Waals surface area contributed by atoms with E-state index in [0.29, 0.717) is 0 Å². The maximum atomic E-state index is 15.5. The molecule has 0 radical (unpaired) electrons. The van der Waals surface area contributed by atoms with Crippen molar-refractivity contribution in [1.29, 1.82) is 0 Å². The first-order chi connectivity index (χ1) is 11.7. The molecule has 0 unspecified atom stereocenters. The van der Waals surface area contributed by atoms with E-state index in [1.807, 2.05) is 91.0 Å². The standard InChI is InChI=1S/C21H18F2Ge/c1-17(22)21(23)24(18-11-5-2-6-12-18,19-13-7-3-8-14-19)20-15-9-4-10-16-20/h2-16H,1H3/b21-17-. The Bertz CT molecular complexity index is 727. The summed E-state index contributed by atoms with van der Waals surface area (Å²) in [6.45, 7) is 1.21. The van der Waals surface area contributed by atoms with Crippen molar-refractivity contribution < 1.29 is 8.78 Å². The Morgan fingerprint density at radius 3 is 1.12 bits per heavy atom. The Hall–Kier alpha value is -2.20. The SMILES string of the molecule is C/C(F)=[C](\F)[Ge]([c]1ccccc1)([c]1ccccc1)[c]1ccccc1. The molecular weight excluding hydrogens is 363 g/mol. The van der Waals surface area contributed by atoms with Crippen LogP contribution in [0.15, 0.2) is 101 Å². The summed E-state index contributed by atoms with van der Waals surface area (Å²) in [6, 6.07) is 28.6. The van der Waals surface area contributed by atoms with Crippen LogP contribution in [0.2, 0.25) is 0 Å². The van der Waals surface area contributed by atoms with E-state index in [1.54, 1.807) is 0 Å². The van der Waals surface area contributed by atoms with Crippen LogP contribution < -0.4 is 13.2 Å². The molecule has 0 amide bonds. The van der Waals surface area contributed by atoms with Crippen LogP contribution in [-0.4, -0.2) is 13.3 Å². The van der Waals surface area contributed by atoms with Crippen LogP contribution in [0.3, 0.4) is 0 Å². The fourth-order valence-electron chi connectivity index (χ4n) is 3.20. The van der Waals surface area contributed by atoms with Crippen molar-refractivity contribution in [2.24, 2.45) is 0 Å². The summed E-state index contributed by atoms with van der Waals surface area (Å²) < 4.78 is 31.7. The monoisotopic (exact) mass is 382 g/mol. The van der Waals surface area contributed by atoms with Gasteiger partial charge in [-0.15, -0.1) is 0 Å². The number of benzene rings is 3. The van der Waals surface area contributed by atoms with Gasteiger partial charge < -0.3 is 0 Å². The van der Waals surface area contributed by atoms with Crippen LogP contribution in [0.25, 0.3) is 0 Å². The molecule has 0 fully saturated rings. The molecule has 3 aromatic carbocycles. The summed E-state index contributed by atoms with van der Waals surface area (Å²) in [5, 5.41) is 0. The van der Waals surface area contributed by atoms with Crippen LogP contribution in [0.1, 0.15) is 6.92 Å². The molecule has 3 aromatic rings. The Morgan fingerprint density at radius 1 is 0.583 bits per heavy atom. The second-order valence-corrected chi connectivity index (χ2v) is 13.4. The first kappa shape index (κ1) is 16.7. The van der Waals surface area contributed by atoms with Gasteiger partial charge in [0.25, 0.3) is 0 Å². The molecular formula is C21H18F2Ge. The Kier molecular flexibility index (Phi) is 4.95. The Balaban J connectivity index is 2.45. The summed E-state index contributed by atoms with van der Waals surface area (Å²) in [5.41, 5.74) is 0. The first-order valence-corrected chi connectivity index (χ1v) is 12.1. The van der Waals surface area contributed by atoms with Gasteiger partial charge in [0.05, 0.1) is 0 Å². The summed E-state index contributed by atoms with van der Waals surface area (Å²) in [4.78, 5) is 0. The average molecular weight is 381 g/mol. The van der Waals surface area contributed by atoms with Gasteiger partial charge in [0.1, 0.15) is 0 Å². The quantitative estimate of drug-likeness (QED) is 0.603. The molecule has 0 bridgehead atoms. The van der Waals surface area contributed by atoms with E-state index in [-0.39, 0.29) is 0 Å². The molecule has 3 heteroatoms. The third-order valence-electron chi connectivity index (χ3n) is 4.25. The van der Waals surface area contributed by atoms with E-state index in [1.165, 1.54) is 6.92 Å². The second kappa shape index (κ2) is 7.14. The Labute approximate surface area is 143 Å². The summed E-state index contributed by atoms with van der Waals surface area (Å²) >= 11 is -3.93. The van der Waals surface area contributed by atoms with Gasteiger partial charge in [0.15, 0.2) is 0 Å². The number of halogens is 2. The maximum absolute atomic E-state index is 15.5. The van der Waals surface area contributed by atoms with Crippen LogP contribution in [0.5, 0.6) is 0 Å².